The van der Waals surface area contributed by atoms with Crippen molar-refractivity contribution in [3.63, 3.8) is 0 Å². The van der Waals surface area contributed by atoms with Gasteiger partial charge in [0.2, 0.25) is 0 Å². The molecule has 0 unspecified atom stereocenters. The second-order valence-corrected chi connectivity index (χ2v) is 3.45. The van der Waals surface area contributed by atoms with Crippen LogP contribution in [0.1, 0.15) is 19.3 Å². The first-order valence-corrected chi connectivity index (χ1v) is 5.02. The van der Waals surface area contributed by atoms with Gasteiger partial charge in [-0.2, -0.15) is 0 Å². The van der Waals surface area contributed by atoms with E-state index in [0.29, 0.717) is 18.6 Å². The fraction of sp³-hybridized carbons (Fsp3) is 0.250. The van der Waals surface area contributed by atoms with Gasteiger partial charge in [0.1, 0.15) is 0 Å². The van der Waals surface area contributed by atoms with Crippen LogP contribution in [0, 0.1) is 10.8 Å². The van der Waals surface area contributed by atoms with Gasteiger partial charge in [0.05, 0.1) is 5.57 Å². The Kier molecular flexibility index (Phi) is 4.39. The number of rotatable bonds is 4. The maximum Gasteiger partial charge on any atom is 0.335 e. The Balaban J connectivity index is 2.92. The van der Waals surface area contributed by atoms with Crippen molar-refractivity contribution in [1.29, 1.82) is 10.8 Å². The van der Waals surface area contributed by atoms with E-state index >= 15 is 0 Å². The maximum absolute atomic E-state index is 10.8. The average Bonchev–Trinajstić information content (AvgIpc) is 2.16. The summed E-state index contributed by atoms with van der Waals surface area (Å²) in [7, 11) is 0. The fourth-order valence-corrected chi connectivity index (χ4v) is 1.41. The van der Waals surface area contributed by atoms with E-state index in [1.54, 1.807) is 18.2 Å². The first kappa shape index (κ1) is 12.1. The van der Waals surface area contributed by atoms with Gasteiger partial charge < -0.3 is 15.9 Å². The number of hydrogen-bond acceptors (Lipinski definition) is 3. The highest BCUT2D eigenvalue weighted by atomic mass is 16.4. The molecule has 0 aromatic rings. The van der Waals surface area contributed by atoms with Crippen LogP contribution in [0.5, 0.6) is 0 Å². The minimum atomic E-state index is -0.965. The molecule has 1 aliphatic carbocycles. The molecule has 0 saturated carbocycles. The molecule has 0 aromatic heterocycles. The lowest BCUT2D eigenvalue weighted by atomic mass is 9.99. The highest BCUT2D eigenvalue weighted by Gasteiger charge is 2.07. The molecule has 16 heavy (non-hydrogen) atoms. The number of allylic oxidation sites excluding steroid dienone is 4. The van der Waals surface area contributed by atoms with E-state index in [9.17, 15) is 4.79 Å². The summed E-state index contributed by atoms with van der Waals surface area (Å²) in [4.78, 5) is 10.8. The minimum absolute atomic E-state index is 0.222. The van der Waals surface area contributed by atoms with Gasteiger partial charge in [-0.05, 0) is 24.5 Å². The molecule has 0 aliphatic heterocycles. The molecule has 0 amide bonds. The zero-order valence-corrected chi connectivity index (χ0v) is 8.86. The van der Waals surface area contributed by atoms with E-state index in [1.165, 1.54) is 12.3 Å². The zero-order chi connectivity index (χ0) is 12.0. The van der Waals surface area contributed by atoms with Crippen molar-refractivity contribution < 1.29 is 9.90 Å². The minimum Gasteiger partial charge on any atom is -0.478 e. The van der Waals surface area contributed by atoms with Crippen molar-refractivity contribution in [3.8, 4) is 0 Å². The average molecular weight is 218 g/mol. The molecule has 0 radical (unpaired) electrons. The molecule has 0 atom stereocenters. The van der Waals surface area contributed by atoms with Gasteiger partial charge in [0, 0.05) is 18.3 Å². The Hall–Kier alpha value is -1.97. The van der Waals surface area contributed by atoms with E-state index in [-0.39, 0.29) is 5.57 Å². The van der Waals surface area contributed by atoms with Crippen LogP contribution in [-0.2, 0) is 4.79 Å². The van der Waals surface area contributed by atoms with Crippen LogP contribution in [0.15, 0.2) is 35.5 Å². The summed E-state index contributed by atoms with van der Waals surface area (Å²) in [5.74, 6) is -0.965. The fourth-order valence-electron chi connectivity index (χ4n) is 1.41. The van der Waals surface area contributed by atoms with Crippen molar-refractivity contribution in [2.45, 2.75) is 19.3 Å². The van der Waals surface area contributed by atoms with E-state index in [0.717, 1.165) is 12.0 Å². The molecule has 3 N–H and O–H groups in total. The topological polar surface area (TPSA) is 85.0 Å². The smallest absolute Gasteiger partial charge is 0.335 e. The number of nitrogens with one attached hydrogen (secondary N) is 2. The summed E-state index contributed by atoms with van der Waals surface area (Å²) < 4.78 is 0. The van der Waals surface area contributed by atoms with Crippen LogP contribution in [0.4, 0.5) is 0 Å². The quantitative estimate of drug-likeness (QED) is 0.632. The van der Waals surface area contributed by atoms with Crippen LogP contribution < -0.4 is 0 Å². The van der Waals surface area contributed by atoms with Crippen LogP contribution in [0.2, 0.25) is 0 Å². The third-order valence-corrected chi connectivity index (χ3v) is 2.28. The van der Waals surface area contributed by atoms with E-state index in [4.69, 9.17) is 15.9 Å². The number of aliphatic carboxylic acids is 1. The molecule has 1 aliphatic rings. The summed E-state index contributed by atoms with van der Waals surface area (Å²) in [6, 6.07) is 0. The van der Waals surface area contributed by atoms with Crippen molar-refractivity contribution in [1.82, 2.24) is 0 Å². The monoisotopic (exact) mass is 218 g/mol. The SMILES string of the molecule is N=CCC(=N)/C1=C/C=C(/C(=O)O)C=CCC1. The Morgan fingerprint density at radius 3 is 2.88 bits per heavy atom. The molecule has 0 bridgehead atoms. The van der Waals surface area contributed by atoms with Gasteiger partial charge in [-0.25, -0.2) is 4.79 Å². The molecule has 0 heterocycles. The largest absolute Gasteiger partial charge is 0.478 e. The number of hydrogen-bond donors (Lipinski definition) is 3. The Morgan fingerprint density at radius 1 is 1.50 bits per heavy atom. The molecule has 0 saturated heterocycles. The Labute approximate surface area is 94.0 Å². The number of carboxylic acids is 1. The van der Waals surface area contributed by atoms with Crippen LogP contribution >= 0.6 is 0 Å². The molecule has 0 fully saturated rings. The molecular formula is C12H14N2O2. The third kappa shape index (κ3) is 3.31. The number of carbonyl (C=O) groups is 1. The van der Waals surface area contributed by atoms with Crippen molar-refractivity contribution in [2.75, 3.05) is 0 Å². The van der Waals surface area contributed by atoms with Crippen molar-refractivity contribution >= 4 is 17.9 Å². The van der Waals surface area contributed by atoms with Crippen molar-refractivity contribution in [3.05, 3.63) is 35.5 Å². The molecule has 0 aromatic carbocycles. The van der Waals surface area contributed by atoms with Crippen LogP contribution in [0.25, 0.3) is 0 Å². The summed E-state index contributed by atoms with van der Waals surface area (Å²) in [5, 5.41) is 23.5. The zero-order valence-electron chi connectivity index (χ0n) is 8.86. The van der Waals surface area contributed by atoms with Crippen LogP contribution in [-0.4, -0.2) is 23.0 Å². The second-order valence-electron chi connectivity index (χ2n) is 3.45. The van der Waals surface area contributed by atoms with Crippen molar-refractivity contribution in [2.24, 2.45) is 0 Å². The second kappa shape index (κ2) is 5.80. The van der Waals surface area contributed by atoms with E-state index in [1.807, 2.05) is 0 Å². The Bertz CT molecular complexity index is 403. The summed E-state index contributed by atoms with van der Waals surface area (Å²) >= 11 is 0. The van der Waals surface area contributed by atoms with Gasteiger partial charge in [-0.3, -0.25) is 0 Å². The number of carboxylic acid groups (broad SMARTS) is 1. The van der Waals surface area contributed by atoms with Gasteiger partial charge in [-0.15, -0.1) is 0 Å². The van der Waals surface area contributed by atoms with Gasteiger partial charge >= 0.3 is 5.97 Å². The van der Waals surface area contributed by atoms with Crippen LogP contribution in [0.3, 0.4) is 0 Å². The molecule has 4 heteroatoms. The predicted molar refractivity (Wildman–Crippen MR) is 63.3 cm³/mol. The highest BCUT2D eigenvalue weighted by molar-refractivity contribution is 6.05. The van der Waals surface area contributed by atoms with Gasteiger partial charge in [0.25, 0.3) is 0 Å². The van der Waals surface area contributed by atoms with Gasteiger partial charge in [0.15, 0.2) is 0 Å². The summed E-state index contributed by atoms with van der Waals surface area (Å²) in [6.45, 7) is 0. The Morgan fingerprint density at radius 2 is 2.25 bits per heavy atom. The first-order valence-electron chi connectivity index (χ1n) is 5.02. The van der Waals surface area contributed by atoms with E-state index < -0.39 is 5.97 Å². The lowest BCUT2D eigenvalue weighted by molar-refractivity contribution is -0.132. The molecule has 1 rings (SSSR count). The normalized spacial score (nSPS) is 22.0. The third-order valence-electron chi connectivity index (χ3n) is 2.28. The summed E-state index contributed by atoms with van der Waals surface area (Å²) in [6.07, 6.45) is 9.46. The molecule has 4 nitrogen and oxygen atoms in total. The lowest BCUT2D eigenvalue weighted by Crippen LogP contribution is -2.04. The van der Waals surface area contributed by atoms with E-state index in [2.05, 4.69) is 0 Å². The predicted octanol–water partition coefficient (Wildman–Crippen LogP) is 2.33. The maximum atomic E-state index is 10.8. The standard InChI is InChI=1S/C12H14N2O2/c13-8-7-11(14)9-3-1-2-4-10(6-5-9)12(15)16/h2,4-6,8,13-14H,1,3,7H2,(H,15,16)/b4-2?,9-5+,10-6+,13-8?,14-11?. The molecular weight excluding hydrogens is 204 g/mol. The summed E-state index contributed by atoms with van der Waals surface area (Å²) in [5.41, 5.74) is 1.40. The highest BCUT2D eigenvalue weighted by Crippen LogP contribution is 2.14. The van der Waals surface area contributed by atoms with Gasteiger partial charge in [-0.1, -0.05) is 18.2 Å². The first-order chi connectivity index (χ1) is 7.65. The molecule has 84 valence electrons. The lowest BCUT2D eigenvalue weighted by Gasteiger charge is -2.07. The molecule has 0 spiro atoms.